The zero-order valence-corrected chi connectivity index (χ0v) is 25.9. The number of carboxylic acids is 1. The molecule has 2 atom stereocenters. The van der Waals surface area contributed by atoms with Crippen LogP contribution in [0.3, 0.4) is 0 Å². The number of pyridine rings is 1. The Morgan fingerprint density at radius 1 is 1.15 bits per heavy atom. The van der Waals surface area contributed by atoms with E-state index < -0.39 is 35.6 Å². The van der Waals surface area contributed by atoms with Crippen molar-refractivity contribution in [1.82, 2.24) is 39.3 Å². The first-order chi connectivity index (χ1) is 22.5. The van der Waals surface area contributed by atoms with Gasteiger partial charge in [-0.25, -0.2) is 27.9 Å². The van der Waals surface area contributed by atoms with Gasteiger partial charge in [-0.3, -0.25) is 19.1 Å². The van der Waals surface area contributed by atoms with Crippen LogP contribution in [0.15, 0.2) is 59.9 Å². The molecule has 0 fully saturated rings. The molecule has 4 aromatic heterocycles. The molecule has 2 N–H and O–H groups in total. The molecule has 6 rings (SSSR count). The van der Waals surface area contributed by atoms with E-state index in [1.54, 1.807) is 44.2 Å². The van der Waals surface area contributed by atoms with Gasteiger partial charge in [-0.1, -0.05) is 37.1 Å². The average molecular weight is 664 g/mol. The highest BCUT2D eigenvalue weighted by atomic mass is 35.5. The van der Waals surface area contributed by atoms with Gasteiger partial charge in [0, 0.05) is 34.3 Å². The lowest BCUT2D eigenvalue weighted by Crippen LogP contribution is -2.27. The van der Waals surface area contributed by atoms with Crippen molar-refractivity contribution in [3.8, 4) is 22.6 Å². The van der Waals surface area contributed by atoms with E-state index in [2.05, 4.69) is 30.7 Å². The molecule has 0 unspecified atom stereocenters. The maximum Gasteiger partial charge on any atom is 0.356 e. The van der Waals surface area contributed by atoms with E-state index in [0.29, 0.717) is 58.9 Å². The zero-order valence-electron chi connectivity index (χ0n) is 25.1. The number of hydrogen-bond donors (Lipinski definition) is 2. The van der Waals surface area contributed by atoms with Gasteiger partial charge in [-0.2, -0.15) is 5.10 Å². The molecule has 5 aromatic rings. The summed E-state index contributed by atoms with van der Waals surface area (Å²) in [4.78, 5) is 48.1. The molecule has 0 spiro atoms. The fraction of sp³-hybridized carbons (Fsp3) is 0.290. The number of hydrogen-bond acceptors (Lipinski definition) is 8. The first-order valence-corrected chi connectivity index (χ1v) is 15.1. The Hall–Kier alpha value is -5.31. The summed E-state index contributed by atoms with van der Waals surface area (Å²) in [5, 5.41) is 24.7. The predicted octanol–water partition coefficient (Wildman–Crippen LogP) is 5.27. The van der Waals surface area contributed by atoms with Gasteiger partial charge in [0.15, 0.2) is 5.69 Å². The molecule has 13 nitrogen and oxygen atoms in total. The summed E-state index contributed by atoms with van der Waals surface area (Å²) in [7, 11) is 0. The van der Waals surface area contributed by atoms with Crippen LogP contribution in [-0.2, 0) is 11.2 Å². The second-order valence-electron chi connectivity index (χ2n) is 11.1. The van der Waals surface area contributed by atoms with Crippen LogP contribution in [0.25, 0.3) is 22.6 Å². The fourth-order valence-electron chi connectivity index (χ4n) is 5.64. The summed E-state index contributed by atoms with van der Waals surface area (Å²) >= 11 is 6.27. The Labute approximate surface area is 270 Å². The highest BCUT2D eigenvalue weighted by Gasteiger charge is 2.28. The number of nitrogens with one attached hydrogen (secondary N) is 1. The molecule has 0 aliphatic carbocycles. The van der Waals surface area contributed by atoms with E-state index in [4.69, 9.17) is 11.6 Å². The third-order valence-electron chi connectivity index (χ3n) is 8.08. The van der Waals surface area contributed by atoms with E-state index in [9.17, 15) is 28.3 Å². The largest absolute Gasteiger partial charge is 0.476 e. The monoisotopic (exact) mass is 663 g/mol. The molecule has 1 aliphatic heterocycles. The van der Waals surface area contributed by atoms with E-state index in [0.717, 1.165) is 6.20 Å². The first kappa shape index (κ1) is 31.7. The van der Waals surface area contributed by atoms with Crippen LogP contribution in [0, 0.1) is 5.92 Å². The second kappa shape index (κ2) is 12.8. The summed E-state index contributed by atoms with van der Waals surface area (Å²) in [5.74, 6) is -1.66. The SMILES string of the molecule is CCc1c(C(=O)O)nn2c1NC(=O)[C@H](C)CCC[C@H](n1cnc(-c3cc(Cl)ccc3-n3cc(C(F)F)nn3)cc1=O)c1cc-2ccn1. The van der Waals surface area contributed by atoms with Gasteiger partial charge < -0.3 is 10.4 Å². The summed E-state index contributed by atoms with van der Waals surface area (Å²) < 4.78 is 30.4. The highest BCUT2D eigenvalue weighted by Crippen LogP contribution is 2.32. The quantitative estimate of drug-likeness (QED) is 0.246. The lowest BCUT2D eigenvalue weighted by molar-refractivity contribution is -0.119. The van der Waals surface area contributed by atoms with Crippen molar-refractivity contribution in [1.29, 1.82) is 0 Å². The normalized spacial score (nSPS) is 16.7. The molecular weight excluding hydrogens is 636 g/mol. The molecule has 5 heterocycles. The molecule has 0 saturated heterocycles. The number of carboxylic acid groups (broad SMARTS) is 1. The second-order valence-corrected chi connectivity index (χ2v) is 11.5. The van der Waals surface area contributed by atoms with Crippen molar-refractivity contribution in [2.24, 2.45) is 5.92 Å². The molecule has 242 valence electrons. The number of carbonyl (C=O) groups excluding carboxylic acids is 1. The van der Waals surface area contributed by atoms with Crippen LogP contribution < -0.4 is 10.9 Å². The minimum Gasteiger partial charge on any atom is -0.476 e. The van der Waals surface area contributed by atoms with E-state index in [1.807, 2.05) is 0 Å². The minimum absolute atomic E-state index is 0.173. The van der Waals surface area contributed by atoms with Crippen molar-refractivity contribution in [3.63, 3.8) is 0 Å². The van der Waals surface area contributed by atoms with Crippen molar-refractivity contribution in [2.45, 2.75) is 52.0 Å². The Bertz CT molecular complexity index is 2060. The van der Waals surface area contributed by atoms with Crippen LogP contribution in [0.1, 0.15) is 73.0 Å². The molecule has 0 saturated carbocycles. The van der Waals surface area contributed by atoms with Crippen molar-refractivity contribution < 1.29 is 23.5 Å². The average Bonchev–Trinajstić information content (AvgIpc) is 3.69. The summed E-state index contributed by atoms with van der Waals surface area (Å²) in [6.45, 7) is 3.56. The number of nitrogens with zero attached hydrogens (tertiary/aromatic N) is 8. The summed E-state index contributed by atoms with van der Waals surface area (Å²) in [5.41, 5.74) is 1.17. The van der Waals surface area contributed by atoms with Gasteiger partial charge in [0.25, 0.3) is 12.0 Å². The topological polar surface area (TPSA) is 163 Å². The van der Waals surface area contributed by atoms with E-state index >= 15 is 0 Å². The smallest absolute Gasteiger partial charge is 0.356 e. The van der Waals surface area contributed by atoms with Crippen molar-refractivity contribution in [3.05, 3.63) is 93.1 Å². The maximum atomic E-state index is 13.8. The van der Waals surface area contributed by atoms with Gasteiger partial charge in [0.05, 0.1) is 41.3 Å². The van der Waals surface area contributed by atoms with Crippen LogP contribution in [0.5, 0.6) is 0 Å². The molecule has 1 aromatic carbocycles. The lowest BCUT2D eigenvalue weighted by Gasteiger charge is -2.22. The Kier molecular flexibility index (Phi) is 8.64. The summed E-state index contributed by atoms with van der Waals surface area (Å²) in [6.07, 6.45) is 2.97. The number of anilines is 1. The number of alkyl halides is 2. The number of amides is 1. The molecule has 1 aliphatic rings. The number of aromatic nitrogens is 8. The van der Waals surface area contributed by atoms with Gasteiger partial charge in [0.1, 0.15) is 11.5 Å². The van der Waals surface area contributed by atoms with Crippen LogP contribution in [0.2, 0.25) is 5.02 Å². The first-order valence-electron chi connectivity index (χ1n) is 14.8. The Morgan fingerprint density at radius 2 is 1.96 bits per heavy atom. The lowest BCUT2D eigenvalue weighted by atomic mass is 9.98. The Balaban J connectivity index is 1.44. The minimum atomic E-state index is -2.82. The van der Waals surface area contributed by atoms with Crippen LogP contribution in [0.4, 0.5) is 14.6 Å². The predicted molar refractivity (Wildman–Crippen MR) is 166 cm³/mol. The molecule has 0 radical (unpaired) electrons. The van der Waals surface area contributed by atoms with E-state index in [-0.39, 0.29) is 23.1 Å². The number of aromatic carboxylic acids is 1. The molecule has 47 heavy (non-hydrogen) atoms. The summed E-state index contributed by atoms with van der Waals surface area (Å²) in [6, 6.07) is 8.72. The van der Waals surface area contributed by atoms with Crippen molar-refractivity contribution in [2.75, 3.05) is 5.32 Å². The number of carbonyl (C=O) groups is 2. The zero-order chi connectivity index (χ0) is 33.4. The van der Waals surface area contributed by atoms with Gasteiger partial charge in [-0.05, 0) is 49.6 Å². The number of fused-ring (bicyclic) bond motifs is 4. The highest BCUT2D eigenvalue weighted by molar-refractivity contribution is 6.31. The molecule has 1 amide bonds. The van der Waals surface area contributed by atoms with Gasteiger partial charge >= 0.3 is 5.97 Å². The fourth-order valence-corrected chi connectivity index (χ4v) is 5.81. The number of rotatable bonds is 6. The van der Waals surface area contributed by atoms with Crippen molar-refractivity contribution >= 4 is 29.3 Å². The molecular formula is C31H28ClF2N9O4. The number of benzene rings is 1. The number of halogens is 3. The third kappa shape index (κ3) is 6.13. The van der Waals surface area contributed by atoms with Gasteiger partial charge in [-0.15, -0.1) is 5.10 Å². The van der Waals surface area contributed by atoms with Gasteiger partial charge in [0.2, 0.25) is 5.91 Å². The third-order valence-corrected chi connectivity index (χ3v) is 8.32. The maximum absolute atomic E-state index is 13.8. The van der Waals surface area contributed by atoms with Crippen LogP contribution >= 0.6 is 11.6 Å². The van der Waals surface area contributed by atoms with E-state index in [1.165, 1.54) is 32.5 Å². The Morgan fingerprint density at radius 3 is 2.66 bits per heavy atom. The molecule has 2 bridgehead atoms. The van der Waals surface area contributed by atoms with Crippen LogP contribution in [-0.4, -0.2) is 56.3 Å². The standard InChI is InChI=1S/C31H28ClF2N9O4/c1-3-19-27(31(46)47)39-43-18-9-10-35-22(12-18)25(6-4-5-16(2)30(45)37-29(19)43)41-15-36-21(13-26(41)44)20-11-17(32)7-8-24(20)42-14-23(28(33)34)38-40-42/h7-16,25,28H,3-6H2,1-2H3,(H,37,45)(H,46,47)/t16-,25+/m1/s1. The molecule has 16 heteroatoms.